The summed E-state index contributed by atoms with van der Waals surface area (Å²) in [7, 11) is 0. The summed E-state index contributed by atoms with van der Waals surface area (Å²) in [6.45, 7) is 4.01. The highest BCUT2D eigenvalue weighted by atomic mass is 16.1. The second kappa shape index (κ2) is 5.96. The molecule has 2 aliphatic rings. The lowest BCUT2D eigenvalue weighted by Crippen LogP contribution is -2.38. The van der Waals surface area contributed by atoms with Crippen molar-refractivity contribution in [1.82, 2.24) is 10.6 Å². The van der Waals surface area contributed by atoms with Crippen LogP contribution in [0.15, 0.2) is 18.2 Å². The Labute approximate surface area is 121 Å². The van der Waals surface area contributed by atoms with Gasteiger partial charge in [0.05, 0.1) is 0 Å². The molecule has 0 aromatic heterocycles. The molecule has 0 bridgehead atoms. The van der Waals surface area contributed by atoms with E-state index in [0.717, 1.165) is 25.1 Å². The second-order valence-corrected chi connectivity index (χ2v) is 6.18. The minimum atomic E-state index is 0.114. The molecule has 108 valence electrons. The van der Waals surface area contributed by atoms with Crippen molar-refractivity contribution >= 4 is 5.91 Å². The number of benzene rings is 1. The van der Waals surface area contributed by atoms with Gasteiger partial charge in [0.15, 0.2) is 0 Å². The van der Waals surface area contributed by atoms with Crippen LogP contribution in [0.4, 0.5) is 0 Å². The van der Waals surface area contributed by atoms with Gasteiger partial charge in [0.25, 0.3) is 5.91 Å². The number of hydrogen-bond donors (Lipinski definition) is 2. The Hall–Kier alpha value is -1.35. The van der Waals surface area contributed by atoms with E-state index in [2.05, 4.69) is 23.6 Å². The fraction of sp³-hybridized carbons (Fsp3) is 0.588. The van der Waals surface area contributed by atoms with Crippen LogP contribution in [0, 0.1) is 5.92 Å². The molecule has 3 nitrogen and oxygen atoms in total. The van der Waals surface area contributed by atoms with Crippen LogP contribution in [0.5, 0.6) is 0 Å². The van der Waals surface area contributed by atoms with Crippen molar-refractivity contribution in [2.75, 3.05) is 6.54 Å². The zero-order valence-corrected chi connectivity index (χ0v) is 12.2. The van der Waals surface area contributed by atoms with E-state index < -0.39 is 0 Å². The molecule has 1 saturated carbocycles. The molecule has 1 heterocycles. The van der Waals surface area contributed by atoms with Crippen LogP contribution >= 0.6 is 0 Å². The van der Waals surface area contributed by atoms with Crippen LogP contribution in [0.1, 0.15) is 54.1 Å². The van der Waals surface area contributed by atoms with Crippen LogP contribution < -0.4 is 10.6 Å². The maximum absolute atomic E-state index is 12.6. The predicted molar refractivity (Wildman–Crippen MR) is 80.7 cm³/mol. The molecule has 0 unspecified atom stereocenters. The van der Waals surface area contributed by atoms with E-state index in [9.17, 15) is 4.79 Å². The summed E-state index contributed by atoms with van der Waals surface area (Å²) >= 11 is 0. The number of hydrogen-bond acceptors (Lipinski definition) is 2. The average molecular weight is 272 g/mol. The van der Waals surface area contributed by atoms with Crippen LogP contribution in [-0.2, 0) is 13.0 Å². The first kappa shape index (κ1) is 13.6. The first-order valence-electron chi connectivity index (χ1n) is 7.88. The summed E-state index contributed by atoms with van der Waals surface area (Å²) < 4.78 is 0. The van der Waals surface area contributed by atoms with Gasteiger partial charge in [-0.25, -0.2) is 0 Å². The molecular formula is C17H24N2O. The molecule has 1 fully saturated rings. The number of carbonyl (C=O) groups excluding carboxylic acids is 1. The first-order chi connectivity index (χ1) is 9.75. The monoisotopic (exact) mass is 272 g/mol. The summed E-state index contributed by atoms with van der Waals surface area (Å²) in [5, 5.41) is 6.59. The van der Waals surface area contributed by atoms with E-state index in [0.29, 0.717) is 12.0 Å². The molecule has 1 aliphatic carbocycles. The van der Waals surface area contributed by atoms with Crippen LogP contribution in [0.3, 0.4) is 0 Å². The van der Waals surface area contributed by atoms with Gasteiger partial charge in [-0.1, -0.05) is 25.0 Å². The van der Waals surface area contributed by atoms with Crippen molar-refractivity contribution in [3.8, 4) is 0 Å². The molecule has 3 rings (SSSR count). The van der Waals surface area contributed by atoms with Crippen LogP contribution in [0.2, 0.25) is 0 Å². The van der Waals surface area contributed by atoms with Gasteiger partial charge in [-0.3, -0.25) is 4.79 Å². The third-order valence-electron chi connectivity index (χ3n) is 4.85. The quantitative estimate of drug-likeness (QED) is 0.888. The molecule has 3 heteroatoms. The third kappa shape index (κ3) is 2.73. The minimum Gasteiger partial charge on any atom is -0.349 e. The molecule has 2 N–H and O–H groups in total. The highest BCUT2D eigenvalue weighted by Crippen LogP contribution is 2.28. The number of rotatable bonds is 3. The molecule has 1 aliphatic heterocycles. The Morgan fingerprint density at radius 2 is 2.15 bits per heavy atom. The van der Waals surface area contributed by atoms with Gasteiger partial charge in [-0.2, -0.15) is 0 Å². The van der Waals surface area contributed by atoms with E-state index in [1.54, 1.807) is 0 Å². The largest absolute Gasteiger partial charge is 0.349 e. The molecule has 20 heavy (non-hydrogen) atoms. The van der Waals surface area contributed by atoms with Gasteiger partial charge in [-0.05, 0) is 55.8 Å². The van der Waals surface area contributed by atoms with Crippen LogP contribution in [0.25, 0.3) is 0 Å². The first-order valence-corrected chi connectivity index (χ1v) is 7.88. The third-order valence-corrected chi connectivity index (χ3v) is 4.85. The lowest BCUT2D eigenvalue weighted by Gasteiger charge is -2.23. The van der Waals surface area contributed by atoms with Crippen molar-refractivity contribution in [2.24, 2.45) is 5.92 Å². The van der Waals surface area contributed by atoms with E-state index in [1.807, 2.05) is 12.1 Å². The SMILES string of the molecule is C[C@H](NC(=O)c1cccc2c1CCNC2)C1CCCC1. The van der Waals surface area contributed by atoms with Gasteiger partial charge >= 0.3 is 0 Å². The maximum atomic E-state index is 12.6. The average Bonchev–Trinajstić information content (AvgIpc) is 3.01. The van der Waals surface area contributed by atoms with Gasteiger partial charge in [0.2, 0.25) is 0 Å². The number of carbonyl (C=O) groups is 1. The summed E-state index contributed by atoms with van der Waals surface area (Å²) in [5.74, 6) is 0.781. The Bertz CT molecular complexity index is 492. The summed E-state index contributed by atoms with van der Waals surface area (Å²) in [6, 6.07) is 6.39. The van der Waals surface area contributed by atoms with Crippen molar-refractivity contribution in [3.05, 3.63) is 34.9 Å². The van der Waals surface area contributed by atoms with Gasteiger partial charge in [0.1, 0.15) is 0 Å². The number of nitrogens with one attached hydrogen (secondary N) is 2. The van der Waals surface area contributed by atoms with Gasteiger partial charge in [0, 0.05) is 18.2 Å². The Morgan fingerprint density at radius 3 is 2.95 bits per heavy atom. The normalized spacial score (nSPS) is 20.4. The highest BCUT2D eigenvalue weighted by molar-refractivity contribution is 5.96. The molecular weight excluding hydrogens is 248 g/mol. The number of fused-ring (bicyclic) bond motifs is 1. The molecule has 0 spiro atoms. The van der Waals surface area contributed by atoms with E-state index >= 15 is 0 Å². The van der Waals surface area contributed by atoms with Gasteiger partial charge < -0.3 is 10.6 Å². The maximum Gasteiger partial charge on any atom is 0.251 e. The molecule has 1 aromatic carbocycles. The Kier molecular flexibility index (Phi) is 4.06. The minimum absolute atomic E-state index is 0.114. The lowest BCUT2D eigenvalue weighted by atomic mass is 9.94. The van der Waals surface area contributed by atoms with Crippen molar-refractivity contribution in [2.45, 2.75) is 51.6 Å². The van der Waals surface area contributed by atoms with Crippen molar-refractivity contribution < 1.29 is 4.79 Å². The van der Waals surface area contributed by atoms with Crippen molar-refractivity contribution in [3.63, 3.8) is 0 Å². The molecule has 1 amide bonds. The Balaban J connectivity index is 1.73. The second-order valence-electron chi connectivity index (χ2n) is 6.18. The van der Waals surface area contributed by atoms with E-state index in [4.69, 9.17) is 0 Å². The molecule has 0 radical (unpaired) electrons. The predicted octanol–water partition coefficient (Wildman–Crippen LogP) is 2.64. The highest BCUT2D eigenvalue weighted by Gasteiger charge is 2.24. The van der Waals surface area contributed by atoms with Gasteiger partial charge in [-0.15, -0.1) is 0 Å². The summed E-state index contributed by atoms with van der Waals surface area (Å²) in [4.78, 5) is 12.6. The summed E-state index contributed by atoms with van der Waals surface area (Å²) in [6.07, 6.45) is 6.11. The fourth-order valence-electron chi connectivity index (χ4n) is 3.60. The standard InChI is InChI=1S/C17H24N2O/c1-12(13-5-2-3-6-13)19-17(20)16-8-4-7-14-11-18-10-9-15(14)16/h4,7-8,12-13,18H,2-3,5-6,9-11H2,1H3,(H,19,20)/t12-/m0/s1. The molecule has 0 saturated heterocycles. The van der Waals surface area contributed by atoms with Crippen molar-refractivity contribution in [1.29, 1.82) is 0 Å². The van der Waals surface area contributed by atoms with E-state index in [1.165, 1.54) is 36.8 Å². The fourth-order valence-corrected chi connectivity index (χ4v) is 3.60. The molecule has 1 atom stereocenters. The smallest absolute Gasteiger partial charge is 0.251 e. The number of amides is 1. The van der Waals surface area contributed by atoms with Crippen LogP contribution in [-0.4, -0.2) is 18.5 Å². The Morgan fingerprint density at radius 1 is 1.35 bits per heavy atom. The zero-order valence-electron chi connectivity index (χ0n) is 12.2. The summed E-state index contributed by atoms with van der Waals surface area (Å²) in [5.41, 5.74) is 3.40. The topological polar surface area (TPSA) is 41.1 Å². The molecule has 1 aromatic rings. The van der Waals surface area contributed by atoms with E-state index in [-0.39, 0.29) is 5.91 Å². The zero-order chi connectivity index (χ0) is 13.9. The lowest BCUT2D eigenvalue weighted by molar-refractivity contribution is 0.0926.